The predicted molar refractivity (Wildman–Crippen MR) is 107 cm³/mol. The largest absolute Gasteiger partial charge is 0.459 e. The number of para-hydroxylation sites is 1. The van der Waals surface area contributed by atoms with Gasteiger partial charge in [-0.15, -0.1) is 11.3 Å². The molecule has 0 aliphatic rings. The molecular weight excluding hydrogens is 362 g/mol. The van der Waals surface area contributed by atoms with Crippen LogP contribution in [-0.2, 0) is 11.2 Å². The molecule has 0 aliphatic carbocycles. The van der Waals surface area contributed by atoms with E-state index in [2.05, 4.69) is 10.6 Å². The number of likely N-dealkylation sites (N-methyl/N-ethyl adjacent to an activating group) is 1. The minimum absolute atomic E-state index is 0.0926. The summed E-state index contributed by atoms with van der Waals surface area (Å²) >= 11 is 1.65. The molecule has 0 saturated heterocycles. The summed E-state index contributed by atoms with van der Waals surface area (Å²) in [5.74, 6) is 0.431. The number of nitrogens with one attached hydrogen (secondary N) is 2. The molecule has 2 heterocycles. The molecule has 0 fully saturated rings. The first-order valence-electron chi connectivity index (χ1n) is 8.81. The van der Waals surface area contributed by atoms with Crippen LogP contribution in [0.3, 0.4) is 0 Å². The number of hydrogen-bond donors (Lipinski definition) is 2. The normalized spacial score (nSPS) is 12.3. The maximum absolute atomic E-state index is 12.1. The minimum atomic E-state index is -0.471. The number of amides is 3. The summed E-state index contributed by atoms with van der Waals surface area (Å²) in [5.41, 5.74) is 0.822. The lowest BCUT2D eigenvalue weighted by atomic mass is 10.2. The van der Waals surface area contributed by atoms with E-state index in [1.807, 2.05) is 66.7 Å². The van der Waals surface area contributed by atoms with Gasteiger partial charge in [-0.25, -0.2) is 4.79 Å². The minimum Gasteiger partial charge on any atom is -0.459 e. The third kappa shape index (κ3) is 5.18. The maximum atomic E-state index is 12.1. The van der Waals surface area contributed by atoms with Crippen molar-refractivity contribution < 1.29 is 14.0 Å². The van der Waals surface area contributed by atoms with E-state index < -0.39 is 6.03 Å². The summed E-state index contributed by atoms with van der Waals surface area (Å²) in [5, 5.41) is 8.10. The molecule has 1 aromatic carbocycles. The second kappa shape index (κ2) is 8.83. The quantitative estimate of drug-likeness (QED) is 0.652. The van der Waals surface area contributed by atoms with Crippen LogP contribution in [0.25, 0.3) is 11.0 Å². The summed E-state index contributed by atoms with van der Waals surface area (Å²) in [7, 11) is 1.83. The van der Waals surface area contributed by atoms with E-state index in [9.17, 15) is 9.59 Å². The number of fused-ring (bicyclic) bond motifs is 1. The van der Waals surface area contributed by atoms with Gasteiger partial charge in [-0.2, -0.15) is 0 Å². The van der Waals surface area contributed by atoms with E-state index in [1.165, 1.54) is 4.88 Å². The molecule has 0 spiro atoms. The van der Waals surface area contributed by atoms with Crippen molar-refractivity contribution in [3.05, 3.63) is 58.5 Å². The zero-order valence-corrected chi connectivity index (χ0v) is 16.2. The second-order valence-corrected chi connectivity index (χ2v) is 7.44. The van der Waals surface area contributed by atoms with Gasteiger partial charge in [-0.1, -0.05) is 24.3 Å². The van der Waals surface area contributed by atoms with Crippen LogP contribution >= 0.6 is 11.3 Å². The molecule has 2 N–H and O–H groups in total. The Bertz CT molecular complexity index is 871. The number of rotatable bonds is 7. The van der Waals surface area contributed by atoms with Crippen LogP contribution in [0, 0.1) is 0 Å². The highest BCUT2D eigenvalue weighted by atomic mass is 32.1. The van der Waals surface area contributed by atoms with Crippen LogP contribution in [0.1, 0.15) is 23.6 Å². The van der Waals surface area contributed by atoms with Crippen molar-refractivity contribution >= 4 is 34.2 Å². The first kappa shape index (κ1) is 19.1. The number of carbonyl (C=O) groups excluding carboxylic acids is 2. The van der Waals surface area contributed by atoms with Gasteiger partial charge in [0.1, 0.15) is 11.3 Å². The Balaban J connectivity index is 1.45. The Hall–Kier alpha value is -2.64. The van der Waals surface area contributed by atoms with Crippen LogP contribution in [-0.4, -0.2) is 37.0 Å². The second-order valence-electron chi connectivity index (χ2n) is 6.41. The Kier molecular flexibility index (Phi) is 6.26. The fourth-order valence-electron chi connectivity index (χ4n) is 2.75. The van der Waals surface area contributed by atoms with Gasteiger partial charge in [-0.3, -0.25) is 15.0 Å². The predicted octanol–water partition coefficient (Wildman–Crippen LogP) is 3.56. The van der Waals surface area contributed by atoms with Gasteiger partial charge in [0.25, 0.3) is 0 Å². The highest BCUT2D eigenvalue weighted by Crippen LogP contribution is 2.26. The lowest BCUT2D eigenvalue weighted by molar-refractivity contribution is -0.121. The summed E-state index contributed by atoms with van der Waals surface area (Å²) in [6.07, 6.45) is 0.752. The van der Waals surface area contributed by atoms with Crippen molar-refractivity contribution in [2.75, 3.05) is 20.1 Å². The number of carbonyl (C=O) groups is 2. The molecule has 0 bridgehead atoms. The van der Waals surface area contributed by atoms with E-state index in [1.54, 1.807) is 11.3 Å². The summed E-state index contributed by atoms with van der Waals surface area (Å²) in [6.45, 7) is 2.55. The molecule has 142 valence electrons. The average molecular weight is 385 g/mol. The Morgan fingerprint density at radius 1 is 1.22 bits per heavy atom. The van der Waals surface area contributed by atoms with Crippen molar-refractivity contribution in [2.45, 2.75) is 19.4 Å². The van der Waals surface area contributed by atoms with E-state index in [4.69, 9.17) is 4.42 Å². The average Bonchev–Trinajstić information content (AvgIpc) is 3.30. The molecule has 7 heteroatoms. The zero-order valence-electron chi connectivity index (χ0n) is 15.4. The standard InChI is InChI=1S/C20H23N3O3S/c1-14(18-12-15-6-3-4-8-17(15)26-18)23(2)13-19(24)22-20(25)21-10-9-16-7-5-11-27-16/h3-8,11-12,14H,9-10,13H2,1-2H3,(H2,21,22,24,25)/t14-/m0/s1. The third-order valence-corrected chi connectivity index (χ3v) is 5.34. The van der Waals surface area contributed by atoms with Crippen LogP contribution in [0.5, 0.6) is 0 Å². The summed E-state index contributed by atoms with van der Waals surface area (Å²) < 4.78 is 5.85. The molecule has 1 atom stereocenters. The lowest BCUT2D eigenvalue weighted by Gasteiger charge is -2.22. The third-order valence-electron chi connectivity index (χ3n) is 4.40. The molecule has 0 radical (unpaired) electrons. The number of hydrogen-bond acceptors (Lipinski definition) is 5. The van der Waals surface area contributed by atoms with E-state index in [0.717, 1.165) is 23.2 Å². The van der Waals surface area contributed by atoms with Crippen LogP contribution in [0.4, 0.5) is 4.79 Å². The van der Waals surface area contributed by atoms with Gasteiger partial charge in [0.2, 0.25) is 5.91 Å². The Morgan fingerprint density at radius 2 is 2.04 bits per heavy atom. The van der Waals surface area contributed by atoms with Gasteiger partial charge < -0.3 is 9.73 Å². The van der Waals surface area contributed by atoms with Crippen LogP contribution in [0.2, 0.25) is 0 Å². The van der Waals surface area contributed by atoms with Crippen molar-refractivity contribution in [2.24, 2.45) is 0 Å². The first-order chi connectivity index (χ1) is 13.0. The van der Waals surface area contributed by atoms with E-state index in [0.29, 0.717) is 6.54 Å². The van der Waals surface area contributed by atoms with Crippen molar-refractivity contribution in [3.63, 3.8) is 0 Å². The molecular formula is C20H23N3O3S. The molecule has 3 rings (SSSR count). The molecule has 0 saturated carbocycles. The number of imide groups is 1. The number of benzene rings is 1. The molecule has 6 nitrogen and oxygen atoms in total. The van der Waals surface area contributed by atoms with Crippen LogP contribution < -0.4 is 10.6 Å². The lowest BCUT2D eigenvalue weighted by Crippen LogP contribution is -2.44. The molecule has 0 aliphatic heterocycles. The molecule has 3 aromatic rings. The van der Waals surface area contributed by atoms with Crippen molar-refractivity contribution in [1.82, 2.24) is 15.5 Å². The topological polar surface area (TPSA) is 74.6 Å². The molecule has 0 unspecified atom stereocenters. The Morgan fingerprint density at radius 3 is 2.78 bits per heavy atom. The van der Waals surface area contributed by atoms with Gasteiger partial charge in [0.05, 0.1) is 12.6 Å². The molecule has 3 amide bonds. The van der Waals surface area contributed by atoms with Gasteiger partial charge in [-0.05, 0) is 44.0 Å². The number of urea groups is 1. The van der Waals surface area contributed by atoms with Gasteiger partial charge >= 0.3 is 6.03 Å². The number of thiophene rings is 1. The van der Waals surface area contributed by atoms with E-state index >= 15 is 0 Å². The number of nitrogens with zero attached hydrogens (tertiary/aromatic N) is 1. The van der Waals surface area contributed by atoms with Crippen LogP contribution in [0.15, 0.2) is 52.3 Å². The molecule has 27 heavy (non-hydrogen) atoms. The summed E-state index contributed by atoms with van der Waals surface area (Å²) in [6, 6.07) is 13.2. The van der Waals surface area contributed by atoms with Crippen molar-refractivity contribution in [3.8, 4) is 0 Å². The van der Waals surface area contributed by atoms with Gasteiger partial charge in [0.15, 0.2) is 0 Å². The fraction of sp³-hybridized carbons (Fsp3) is 0.300. The van der Waals surface area contributed by atoms with Crippen molar-refractivity contribution in [1.29, 1.82) is 0 Å². The van der Waals surface area contributed by atoms with E-state index in [-0.39, 0.29) is 18.5 Å². The number of furan rings is 1. The Labute approximate surface area is 162 Å². The highest BCUT2D eigenvalue weighted by Gasteiger charge is 2.19. The smallest absolute Gasteiger partial charge is 0.321 e. The summed E-state index contributed by atoms with van der Waals surface area (Å²) in [4.78, 5) is 27.0. The first-order valence-corrected chi connectivity index (χ1v) is 9.69. The highest BCUT2D eigenvalue weighted by molar-refractivity contribution is 7.09. The maximum Gasteiger partial charge on any atom is 0.321 e. The van der Waals surface area contributed by atoms with Gasteiger partial charge in [0, 0.05) is 16.8 Å². The molecule has 2 aromatic heterocycles. The fourth-order valence-corrected chi connectivity index (χ4v) is 3.46. The SMILES string of the molecule is C[C@@H](c1cc2ccccc2o1)N(C)CC(=O)NC(=O)NCCc1cccs1. The monoisotopic (exact) mass is 385 g/mol. The zero-order chi connectivity index (χ0) is 19.2.